The first kappa shape index (κ1) is 13.8. The second-order valence-electron chi connectivity index (χ2n) is 4.31. The van der Waals surface area contributed by atoms with Gasteiger partial charge in [-0.25, -0.2) is 5.43 Å². The van der Waals surface area contributed by atoms with Gasteiger partial charge in [0, 0.05) is 0 Å². The van der Waals surface area contributed by atoms with Crippen molar-refractivity contribution in [1.82, 2.24) is 5.43 Å². The topological polar surface area (TPSA) is 50.7 Å². The minimum absolute atomic E-state index is 0.300. The van der Waals surface area contributed by atoms with Crippen LogP contribution in [0.1, 0.15) is 21.5 Å². The van der Waals surface area contributed by atoms with Crippen LogP contribution in [-0.2, 0) is 0 Å². The zero-order valence-electron chi connectivity index (χ0n) is 11.5. The van der Waals surface area contributed by atoms with E-state index in [2.05, 4.69) is 10.5 Å². The van der Waals surface area contributed by atoms with Gasteiger partial charge in [-0.05, 0) is 24.6 Å². The number of rotatable bonds is 4. The van der Waals surface area contributed by atoms with Crippen molar-refractivity contribution in [2.45, 2.75) is 6.92 Å². The SMILES string of the molecule is COc1ccccc1C(=O)NN=Cc1cccc(C)c1. The molecule has 1 N–H and O–H groups in total. The predicted octanol–water partition coefficient (Wildman–Crippen LogP) is 2.77. The number of hydrogen-bond donors (Lipinski definition) is 1. The highest BCUT2D eigenvalue weighted by Gasteiger charge is 2.09. The number of nitrogens with zero attached hydrogens (tertiary/aromatic N) is 1. The molecule has 0 bridgehead atoms. The summed E-state index contributed by atoms with van der Waals surface area (Å²) in [4.78, 5) is 12.0. The Morgan fingerprint density at radius 3 is 2.75 bits per heavy atom. The molecule has 0 aliphatic heterocycles. The van der Waals surface area contributed by atoms with E-state index < -0.39 is 0 Å². The molecule has 2 aromatic rings. The first-order valence-electron chi connectivity index (χ1n) is 6.24. The molecule has 0 fully saturated rings. The minimum atomic E-state index is -0.300. The van der Waals surface area contributed by atoms with E-state index in [0.29, 0.717) is 11.3 Å². The molecule has 102 valence electrons. The Hall–Kier alpha value is -2.62. The average Bonchev–Trinajstić information content (AvgIpc) is 2.47. The number of aryl methyl sites for hydroxylation is 1. The number of amides is 1. The molecule has 20 heavy (non-hydrogen) atoms. The van der Waals surface area contributed by atoms with Crippen LogP contribution in [0.15, 0.2) is 53.6 Å². The van der Waals surface area contributed by atoms with E-state index >= 15 is 0 Å². The molecular formula is C16H16N2O2. The summed E-state index contributed by atoms with van der Waals surface area (Å²) in [6.45, 7) is 2.00. The Morgan fingerprint density at radius 1 is 1.20 bits per heavy atom. The number of para-hydroxylation sites is 1. The van der Waals surface area contributed by atoms with Crippen LogP contribution in [0.2, 0.25) is 0 Å². The van der Waals surface area contributed by atoms with Crippen LogP contribution in [0, 0.1) is 6.92 Å². The molecule has 0 saturated heterocycles. The van der Waals surface area contributed by atoms with E-state index in [4.69, 9.17) is 4.74 Å². The Labute approximate surface area is 118 Å². The maximum atomic E-state index is 12.0. The molecule has 0 aliphatic rings. The summed E-state index contributed by atoms with van der Waals surface area (Å²) in [6.07, 6.45) is 1.61. The van der Waals surface area contributed by atoms with Gasteiger partial charge in [0.05, 0.1) is 18.9 Å². The fourth-order valence-electron chi connectivity index (χ4n) is 1.81. The lowest BCUT2D eigenvalue weighted by Gasteiger charge is -2.05. The zero-order chi connectivity index (χ0) is 14.4. The number of hydrogen-bond acceptors (Lipinski definition) is 3. The van der Waals surface area contributed by atoms with Gasteiger partial charge < -0.3 is 4.74 Å². The molecule has 0 radical (unpaired) electrons. The summed E-state index contributed by atoms with van der Waals surface area (Å²) in [5, 5.41) is 3.95. The third-order valence-corrected chi connectivity index (χ3v) is 2.77. The van der Waals surface area contributed by atoms with Crippen molar-refractivity contribution in [3.8, 4) is 5.75 Å². The average molecular weight is 268 g/mol. The molecule has 0 aliphatic carbocycles. The summed E-state index contributed by atoms with van der Waals surface area (Å²) in [5.74, 6) is 0.224. The maximum Gasteiger partial charge on any atom is 0.275 e. The molecule has 0 heterocycles. The van der Waals surface area contributed by atoms with E-state index in [0.717, 1.165) is 11.1 Å². The van der Waals surface area contributed by atoms with Crippen molar-refractivity contribution >= 4 is 12.1 Å². The van der Waals surface area contributed by atoms with Gasteiger partial charge in [0.15, 0.2) is 0 Å². The normalized spacial score (nSPS) is 10.5. The molecule has 4 heteroatoms. The minimum Gasteiger partial charge on any atom is -0.496 e. The van der Waals surface area contributed by atoms with Crippen LogP contribution in [0.3, 0.4) is 0 Å². The van der Waals surface area contributed by atoms with Gasteiger partial charge >= 0.3 is 0 Å². The van der Waals surface area contributed by atoms with Crippen LogP contribution in [0.4, 0.5) is 0 Å². The molecule has 1 amide bonds. The third kappa shape index (κ3) is 3.45. The van der Waals surface area contributed by atoms with Gasteiger partial charge in [0.25, 0.3) is 5.91 Å². The molecular weight excluding hydrogens is 252 g/mol. The monoisotopic (exact) mass is 268 g/mol. The zero-order valence-corrected chi connectivity index (χ0v) is 11.5. The maximum absolute atomic E-state index is 12.0. The molecule has 2 rings (SSSR count). The van der Waals surface area contributed by atoms with Crippen molar-refractivity contribution in [3.63, 3.8) is 0 Å². The van der Waals surface area contributed by atoms with Crippen molar-refractivity contribution in [3.05, 3.63) is 65.2 Å². The van der Waals surface area contributed by atoms with Crippen molar-refractivity contribution < 1.29 is 9.53 Å². The number of methoxy groups -OCH3 is 1. The van der Waals surface area contributed by atoms with Crippen LogP contribution in [0.5, 0.6) is 5.75 Å². The Morgan fingerprint density at radius 2 is 2.00 bits per heavy atom. The first-order valence-corrected chi connectivity index (χ1v) is 6.24. The number of hydrazone groups is 1. The van der Waals surface area contributed by atoms with Crippen molar-refractivity contribution in [2.75, 3.05) is 7.11 Å². The van der Waals surface area contributed by atoms with Crippen LogP contribution in [-0.4, -0.2) is 19.2 Å². The lowest BCUT2D eigenvalue weighted by atomic mass is 10.2. The summed E-state index contributed by atoms with van der Waals surface area (Å²) < 4.78 is 5.13. The third-order valence-electron chi connectivity index (χ3n) is 2.77. The molecule has 0 spiro atoms. The molecule has 0 aromatic heterocycles. The summed E-state index contributed by atoms with van der Waals surface area (Å²) in [5.41, 5.74) is 5.03. The smallest absolute Gasteiger partial charge is 0.275 e. The number of ether oxygens (including phenoxy) is 1. The van der Waals surface area contributed by atoms with Gasteiger partial charge in [-0.2, -0.15) is 5.10 Å². The molecule has 0 atom stereocenters. The van der Waals surface area contributed by atoms with Crippen molar-refractivity contribution in [1.29, 1.82) is 0 Å². The predicted molar refractivity (Wildman–Crippen MR) is 79.2 cm³/mol. The van der Waals surface area contributed by atoms with E-state index in [1.807, 2.05) is 37.3 Å². The Balaban J connectivity index is 2.05. The van der Waals surface area contributed by atoms with E-state index in [-0.39, 0.29) is 5.91 Å². The Kier molecular flexibility index (Phi) is 4.50. The number of benzene rings is 2. The summed E-state index contributed by atoms with van der Waals surface area (Å²) >= 11 is 0. The highest BCUT2D eigenvalue weighted by Crippen LogP contribution is 2.16. The van der Waals surface area contributed by atoms with E-state index in [1.54, 1.807) is 24.4 Å². The number of nitrogens with one attached hydrogen (secondary N) is 1. The molecule has 0 saturated carbocycles. The van der Waals surface area contributed by atoms with Gasteiger partial charge in [0.2, 0.25) is 0 Å². The largest absolute Gasteiger partial charge is 0.496 e. The fourth-order valence-corrected chi connectivity index (χ4v) is 1.81. The van der Waals surface area contributed by atoms with Gasteiger partial charge in [-0.1, -0.05) is 42.0 Å². The quantitative estimate of drug-likeness (QED) is 0.684. The lowest BCUT2D eigenvalue weighted by molar-refractivity contribution is 0.0952. The van der Waals surface area contributed by atoms with Crippen LogP contribution >= 0.6 is 0 Å². The number of carbonyl (C=O) groups excluding carboxylic acids is 1. The van der Waals surface area contributed by atoms with Crippen molar-refractivity contribution in [2.24, 2.45) is 5.10 Å². The van der Waals surface area contributed by atoms with E-state index in [1.165, 1.54) is 7.11 Å². The first-order chi connectivity index (χ1) is 9.70. The highest BCUT2D eigenvalue weighted by atomic mass is 16.5. The van der Waals surface area contributed by atoms with E-state index in [9.17, 15) is 4.79 Å². The second kappa shape index (κ2) is 6.52. The summed E-state index contributed by atoms with van der Waals surface area (Å²) in [6, 6.07) is 14.9. The standard InChI is InChI=1S/C16H16N2O2/c1-12-6-5-7-13(10-12)11-17-18-16(19)14-8-3-4-9-15(14)20-2/h3-11H,1-2H3,(H,18,19). The highest BCUT2D eigenvalue weighted by molar-refractivity contribution is 5.97. The van der Waals surface area contributed by atoms with Crippen LogP contribution in [0.25, 0.3) is 0 Å². The Bertz CT molecular complexity index is 636. The summed E-state index contributed by atoms with van der Waals surface area (Å²) in [7, 11) is 1.53. The molecule has 0 unspecified atom stereocenters. The van der Waals surface area contributed by atoms with Gasteiger partial charge in [-0.3, -0.25) is 4.79 Å². The molecule has 2 aromatic carbocycles. The lowest BCUT2D eigenvalue weighted by Crippen LogP contribution is -2.18. The second-order valence-corrected chi connectivity index (χ2v) is 4.31. The van der Waals surface area contributed by atoms with Gasteiger partial charge in [0.1, 0.15) is 5.75 Å². The van der Waals surface area contributed by atoms with Gasteiger partial charge in [-0.15, -0.1) is 0 Å². The van der Waals surface area contributed by atoms with Crippen LogP contribution < -0.4 is 10.2 Å². The number of carbonyl (C=O) groups is 1. The molecule has 4 nitrogen and oxygen atoms in total. The fraction of sp³-hybridized carbons (Fsp3) is 0.125.